The van der Waals surface area contributed by atoms with Gasteiger partial charge in [-0.2, -0.15) is 10.9 Å². The zero-order valence-corrected chi connectivity index (χ0v) is 15.8. The zero-order valence-electron chi connectivity index (χ0n) is 14.9. The van der Waals surface area contributed by atoms with E-state index in [9.17, 15) is 8.78 Å². The smallest absolute Gasteiger partial charge is 0.168 e. The number of hydrogen-bond acceptors (Lipinski definition) is 1. The number of halogens is 2. The molecule has 4 aromatic carbocycles. The van der Waals surface area contributed by atoms with Gasteiger partial charge in [-0.3, -0.25) is 0 Å². The van der Waals surface area contributed by atoms with Crippen molar-refractivity contribution < 1.29 is 13.5 Å². The fraction of sp³-hybridized carbons (Fsp3) is 0. The standard InChI is InChI=1S/C24H18F2OS/c25-18-11-16-24(23(26)17-18)27-19-12-14-22(15-13-19)28(20-7-3-1-4-8-20)21-9-5-2-6-10-21/h1-17,28H. The fourth-order valence-electron chi connectivity index (χ4n) is 2.95. The maximum absolute atomic E-state index is 13.8. The lowest BCUT2D eigenvalue weighted by Gasteiger charge is -2.23. The largest absolute Gasteiger partial charge is 0.454 e. The van der Waals surface area contributed by atoms with E-state index in [1.54, 1.807) is 0 Å². The molecular formula is C24H18F2OS. The molecule has 0 aliphatic rings. The Morgan fingerprint density at radius 1 is 0.571 bits per heavy atom. The third kappa shape index (κ3) is 4.07. The van der Waals surface area contributed by atoms with E-state index in [1.165, 1.54) is 26.8 Å². The van der Waals surface area contributed by atoms with Crippen LogP contribution in [0.3, 0.4) is 0 Å². The van der Waals surface area contributed by atoms with Crippen LogP contribution in [-0.4, -0.2) is 0 Å². The molecule has 0 fully saturated rings. The maximum Gasteiger partial charge on any atom is 0.168 e. The molecule has 4 aromatic rings. The summed E-state index contributed by atoms with van der Waals surface area (Å²) in [7, 11) is -0.707. The van der Waals surface area contributed by atoms with E-state index in [4.69, 9.17) is 4.74 Å². The average molecular weight is 392 g/mol. The van der Waals surface area contributed by atoms with Crippen LogP contribution in [0.25, 0.3) is 0 Å². The van der Waals surface area contributed by atoms with Crippen molar-refractivity contribution in [1.82, 2.24) is 0 Å². The van der Waals surface area contributed by atoms with E-state index in [-0.39, 0.29) is 5.75 Å². The molecule has 0 heterocycles. The Balaban J connectivity index is 1.65. The summed E-state index contributed by atoms with van der Waals surface area (Å²) in [6, 6.07) is 31.7. The Morgan fingerprint density at radius 2 is 1.11 bits per heavy atom. The van der Waals surface area contributed by atoms with Crippen LogP contribution in [0.4, 0.5) is 8.78 Å². The highest BCUT2D eigenvalue weighted by Gasteiger charge is 2.13. The molecule has 0 N–H and O–H groups in total. The lowest BCUT2D eigenvalue weighted by molar-refractivity contribution is 0.437. The van der Waals surface area contributed by atoms with Crippen LogP contribution in [0.15, 0.2) is 118 Å². The first-order valence-electron chi connectivity index (χ1n) is 8.84. The lowest BCUT2D eigenvalue weighted by atomic mass is 10.3. The summed E-state index contributed by atoms with van der Waals surface area (Å²) < 4.78 is 32.5. The van der Waals surface area contributed by atoms with Gasteiger partial charge in [0.15, 0.2) is 11.6 Å². The first-order valence-corrected chi connectivity index (χ1v) is 10.2. The summed E-state index contributed by atoms with van der Waals surface area (Å²) in [5.74, 6) is -0.843. The number of hydrogen-bond donors (Lipinski definition) is 1. The molecule has 0 bridgehead atoms. The molecule has 1 nitrogen and oxygen atoms in total. The number of rotatable bonds is 5. The van der Waals surface area contributed by atoms with Crippen LogP contribution in [0.1, 0.15) is 0 Å². The SMILES string of the molecule is Fc1ccc(Oc2ccc([SH](c3ccccc3)c3ccccc3)cc2)c(F)c1. The average Bonchev–Trinajstić information content (AvgIpc) is 2.73. The van der Waals surface area contributed by atoms with Crippen LogP contribution in [0, 0.1) is 11.6 Å². The summed E-state index contributed by atoms with van der Waals surface area (Å²) >= 11 is 0. The summed E-state index contributed by atoms with van der Waals surface area (Å²) in [4.78, 5) is 3.67. The molecule has 0 amide bonds. The molecule has 0 atom stereocenters. The Morgan fingerprint density at radius 3 is 1.64 bits per heavy atom. The summed E-state index contributed by atoms with van der Waals surface area (Å²) in [6.45, 7) is 0. The van der Waals surface area contributed by atoms with Gasteiger partial charge >= 0.3 is 0 Å². The minimum atomic E-state index is -0.722. The van der Waals surface area contributed by atoms with Crippen LogP contribution in [0.5, 0.6) is 11.5 Å². The highest BCUT2D eigenvalue weighted by Crippen LogP contribution is 2.51. The summed E-state index contributed by atoms with van der Waals surface area (Å²) in [5, 5.41) is 0. The van der Waals surface area contributed by atoms with Crippen molar-refractivity contribution in [3.8, 4) is 11.5 Å². The van der Waals surface area contributed by atoms with Gasteiger partial charge in [-0.05, 0) is 75.4 Å². The number of benzene rings is 4. The van der Waals surface area contributed by atoms with E-state index >= 15 is 0 Å². The first kappa shape index (κ1) is 18.3. The van der Waals surface area contributed by atoms with E-state index < -0.39 is 22.5 Å². The van der Waals surface area contributed by atoms with Gasteiger partial charge in [-0.1, -0.05) is 36.4 Å². The van der Waals surface area contributed by atoms with Crippen molar-refractivity contribution in [2.24, 2.45) is 0 Å². The molecule has 0 spiro atoms. The van der Waals surface area contributed by atoms with Gasteiger partial charge in [-0.25, -0.2) is 8.78 Å². The molecule has 140 valence electrons. The third-order valence-electron chi connectivity index (χ3n) is 4.25. The van der Waals surface area contributed by atoms with Crippen molar-refractivity contribution in [3.63, 3.8) is 0 Å². The van der Waals surface area contributed by atoms with Crippen LogP contribution in [0.2, 0.25) is 0 Å². The van der Waals surface area contributed by atoms with Gasteiger partial charge in [0.25, 0.3) is 0 Å². The molecule has 0 saturated carbocycles. The minimum absolute atomic E-state index is 0.00235. The molecule has 0 aliphatic heterocycles. The maximum atomic E-state index is 13.8. The molecule has 0 radical (unpaired) electrons. The fourth-order valence-corrected chi connectivity index (χ4v) is 5.23. The van der Waals surface area contributed by atoms with Gasteiger partial charge in [-0.15, -0.1) is 0 Å². The van der Waals surface area contributed by atoms with Crippen molar-refractivity contribution in [3.05, 3.63) is 115 Å². The summed E-state index contributed by atoms with van der Waals surface area (Å²) in [6.07, 6.45) is 0. The van der Waals surface area contributed by atoms with Crippen LogP contribution in [-0.2, 0) is 0 Å². The molecular weight excluding hydrogens is 374 g/mol. The monoisotopic (exact) mass is 392 g/mol. The van der Waals surface area contributed by atoms with Gasteiger partial charge in [0.05, 0.1) is 0 Å². The first-order chi connectivity index (χ1) is 13.7. The molecule has 0 unspecified atom stereocenters. The highest BCUT2D eigenvalue weighted by molar-refractivity contribution is 8.17. The van der Waals surface area contributed by atoms with E-state index in [1.807, 2.05) is 60.7 Å². The van der Waals surface area contributed by atoms with Crippen molar-refractivity contribution in [2.45, 2.75) is 14.7 Å². The molecule has 4 rings (SSSR count). The second-order valence-electron chi connectivity index (χ2n) is 6.18. The van der Waals surface area contributed by atoms with Crippen molar-refractivity contribution >= 4 is 10.9 Å². The van der Waals surface area contributed by atoms with E-state index in [0.717, 1.165) is 6.07 Å². The van der Waals surface area contributed by atoms with Crippen LogP contribution >= 0.6 is 10.9 Å². The van der Waals surface area contributed by atoms with Crippen LogP contribution < -0.4 is 4.74 Å². The van der Waals surface area contributed by atoms with E-state index in [2.05, 4.69) is 24.3 Å². The number of thiol groups is 1. The minimum Gasteiger partial charge on any atom is -0.454 e. The molecule has 4 heteroatoms. The topological polar surface area (TPSA) is 9.23 Å². The second-order valence-corrected chi connectivity index (χ2v) is 8.40. The van der Waals surface area contributed by atoms with Gasteiger partial charge in [0.2, 0.25) is 0 Å². The van der Waals surface area contributed by atoms with Gasteiger partial charge in [0.1, 0.15) is 11.6 Å². The normalized spacial score (nSPS) is 11.1. The van der Waals surface area contributed by atoms with E-state index in [0.29, 0.717) is 5.75 Å². The van der Waals surface area contributed by atoms with Gasteiger partial charge in [0, 0.05) is 6.07 Å². The van der Waals surface area contributed by atoms with Crippen molar-refractivity contribution in [2.75, 3.05) is 0 Å². The molecule has 0 saturated heterocycles. The quantitative estimate of drug-likeness (QED) is 0.352. The Bertz CT molecular complexity index is 1010. The van der Waals surface area contributed by atoms with Gasteiger partial charge < -0.3 is 4.74 Å². The Hall–Kier alpha value is -3.11. The number of ether oxygens (including phenoxy) is 1. The molecule has 0 aliphatic carbocycles. The van der Waals surface area contributed by atoms with Crippen molar-refractivity contribution in [1.29, 1.82) is 0 Å². The zero-order chi connectivity index (χ0) is 19.3. The highest BCUT2D eigenvalue weighted by atomic mass is 32.2. The molecule has 28 heavy (non-hydrogen) atoms. The Labute approximate surface area is 165 Å². The Kier molecular flexibility index (Phi) is 5.40. The third-order valence-corrected chi connectivity index (χ3v) is 6.69. The second kappa shape index (κ2) is 8.28. The summed E-state index contributed by atoms with van der Waals surface area (Å²) in [5.41, 5.74) is 0. The molecule has 0 aromatic heterocycles. The predicted octanol–water partition coefficient (Wildman–Crippen LogP) is 7.24. The lowest BCUT2D eigenvalue weighted by Crippen LogP contribution is -1.91. The predicted molar refractivity (Wildman–Crippen MR) is 110 cm³/mol.